The monoisotopic (exact) mass is 296 g/mol. The maximum atomic E-state index is 12.1. The number of aromatic nitrogens is 5. The van der Waals surface area contributed by atoms with Gasteiger partial charge in [0.1, 0.15) is 17.8 Å². The minimum Gasteiger partial charge on any atom is -0.497 e. The molecule has 1 N–H and O–H groups in total. The van der Waals surface area contributed by atoms with Gasteiger partial charge in [-0.3, -0.25) is 9.78 Å². The molecule has 3 rings (SSSR count). The SMILES string of the molecule is COc1cc(NC(=O)c2ccccn2)cc(-n2cnnn2)c1. The summed E-state index contributed by atoms with van der Waals surface area (Å²) in [5.41, 5.74) is 1.55. The molecule has 0 saturated carbocycles. The number of carbonyl (C=O) groups is 1. The molecule has 3 aromatic rings. The molecule has 0 spiro atoms. The number of benzene rings is 1. The molecule has 8 nitrogen and oxygen atoms in total. The van der Waals surface area contributed by atoms with Crippen LogP contribution in [-0.4, -0.2) is 38.2 Å². The Kier molecular flexibility index (Phi) is 3.73. The average molecular weight is 296 g/mol. The van der Waals surface area contributed by atoms with Crippen molar-refractivity contribution in [3.8, 4) is 11.4 Å². The zero-order valence-corrected chi connectivity index (χ0v) is 11.7. The maximum Gasteiger partial charge on any atom is 0.274 e. The average Bonchev–Trinajstić information content (AvgIpc) is 3.10. The summed E-state index contributed by atoms with van der Waals surface area (Å²) in [5.74, 6) is 0.265. The van der Waals surface area contributed by atoms with E-state index in [1.807, 2.05) is 0 Å². The molecule has 1 aromatic carbocycles. The van der Waals surface area contributed by atoms with Gasteiger partial charge in [-0.05, 0) is 28.6 Å². The number of nitrogens with zero attached hydrogens (tertiary/aromatic N) is 5. The van der Waals surface area contributed by atoms with Crippen LogP contribution in [0.1, 0.15) is 10.5 Å². The summed E-state index contributed by atoms with van der Waals surface area (Å²) < 4.78 is 6.70. The number of carbonyl (C=O) groups excluding carboxylic acids is 1. The van der Waals surface area contributed by atoms with Gasteiger partial charge in [-0.25, -0.2) is 4.68 Å². The van der Waals surface area contributed by atoms with Gasteiger partial charge in [-0.1, -0.05) is 6.07 Å². The first-order valence-corrected chi connectivity index (χ1v) is 6.41. The van der Waals surface area contributed by atoms with Crippen molar-refractivity contribution in [3.63, 3.8) is 0 Å². The number of anilines is 1. The van der Waals surface area contributed by atoms with Crippen molar-refractivity contribution >= 4 is 11.6 Å². The highest BCUT2D eigenvalue weighted by Gasteiger charge is 2.10. The Morgan fingerprint density at radius 3 is 2.86 bits per heavy atom. The molecule has 1 amide bonds. The molecule has 0 fully saturated rings. The lowest BCUT2D eigenvalue weighted by Crippen LogP contribution is -2.13. The Labute approximate surface area is 125 Å². The highest BCUT2D eigenvalue weighted by molar-refractivity contribution is 6.03. The summed E-state index contributed by atoms with van der Waals surface area (Å²) in [4.78, 5) is 16.2. The summed E-state index contributed by atoms with van der Waals surface area (Å²) in [6.45, 7) is 0. The molecule has 0 radical (unpaired) electrons. The second kappa shape index (κ2) is 6.00. The van der Waals surface area contributed by atoms with Crippen molar-refractivity contribution in [1.82, 2.24) is 25.2 Å². The number of tetrazole rings is 1. The number of ether oxygens (including phenoxy) is 1. The van der Waals surface area contributed by atoms with Crippen LogP contribution in [0.25, 0.3) is 5.69 Å². The van der Waals surface area contributed by atoms with E-state index in [9.17, 15) is 4.79 Å². The molecule has 2 heterocycles. The fourth-order valence-electron chi connectivity index (χ4n) is 1.88. The Balaban J connectivity index is 1.90. The van der Waals surface area contributed by atoms with Crippen LogP contribution in [-0.2, 0) is 0 Å². The number of hydrogen-bond donors (Lipinski definition) is 1. The molecule has 22 heavy (non-hydrogen) atoms. The lowest BCUT2D eigenvalue weighted by Gasteiger charge is -2.09. The van der Waals surface area contributed by atoms with Crippen LogP contribution in [0.15, 0.2) is 48.9 Å². The quantitative estimate of drug-likeness (QED) is 0.780. The number of amides is 1. The molecule has 0 aliphatic rings. The van der Waals surface area contributed by atoms with Gasteiger partial charge < -0.3 is 10.1 Å². The molecule has 0 aliphatic heterocycles. The molecular formula is C14H12N6O2. The van der Waals surface area contributed by atoms with E-state index < -0.39 is 0 Å². The molecule has 0 aliphatic carbocycles. The predicted molar refractivity (Wildman–Crippen MR) is 77.9 cm³/mol. The third-order valence-corrected chi connectivity index (χ3v) is 2.90. The van der Waals surface area contributed by atoms with Gasteiger partial charge in [-0.15, -0.1) is 5.10 Å². The van der Waals surface area contributed by atoms with Gasteiger partial charge in [0, 0.05) is 24.0 Å². The Hall–Kier alpha value is -3.29. The smallest absolute Gasteiger partial charge is 0.274 e. The normalized spacial score (nSPS) is 10.2. The third kappa shape index (κ3) is 2.90. The minimum atomic E-state index is -0.309. The van der Waals surface area contributed by atoms with Gasteiger partial charge in [-0.2, -0.15) is 0 Å². The van der Waals surface area contributed by atoms with Crippen molar-refractivity contribution in [2.75, 3.05) is 12.4 Å². The molecule has 2 aromatic heterocycles. The first kappa shape index (κ1) is 13.7. The zero-order chi connectivity index (χ0) is 15.4. The van der Waals surface area contributed by atoms with Crippen molar-refractivity contribution in [1.29, 1.82) is 0 Å². The zero-order valence-electron chi connectivity index (χ0n) is 11.7. The predicted octanol–water partition coefficient (Wildman–Crippen LogP) is 1.32. The Morgan fingerprint density at radius 1 is 1.27 bits per heavy atom. The van der Waals surface area contributed by atoms with Gasteiger partial charge in [0.2, 0.25) is 0 Å². The van der Waals surface area contributed by atoms with Crippen LogP contribution >= 0.6 is 0 Å². The number of pyridine rings is 1. The van der Waals surface area contributed by atoms with E-state index in [0.29, 0.717) is 22.8 Å². The second-order valence-corrected chi connectivity index (χ2v) is 4.34. The van der Waals surface area contributed by atoms with E-state index in [-0.39, 0.29) is 5.91 Å². The summed E-state index contributed by atoms with van der Waals surface area (Å²) in [6, 6.07) is 10.3. The van der Waals surface area contributed by atoms with Gasteiger partial charge in [0.25, 0.3) is 5.91 Å². The second-order valence-electron chi connectivity index (χ2n) is 4.34. The van der Waals surface area contributed by atoms with Crippen molar-refractivity contribution in [2.45, 2.75) is 0 Å². The number of nitrogens with one attached hydrogen (secondary N) is 1. The van der Waals surface area contributed by atoms with Gasteiger partial charge in [0.15, 0.2) is 0 Å². The van der Waals surface area contributed by atoms with Crippen LogP contribution in [0.5, 0.6) is 5.75 Å². The van der Waals surface area contributed by atoms with Crippen molar-refractivity contribution in [3.05, 3.63) is 54.6 Å². The molecule has 0 bridgehead atoms. The summed E-state index contributed by atoms with van der Waals surface area (Å²) >= 11 is 0. The van der Waals surface area contributed by atoms with Crippen molar-refractivity contribution in [2.24, 2.45) is 0 Å². The first-order valence-electron chi connectivity index (χ1n) is 6.41. The molecular weight excluding hydrogens is 284 g/mol. The molecule has 110 valence electrons. The number of rotatable bonds is 4. The van der Waals surface area contributed by atoms with Crippen LogP contribution < -0.4 is 10.1 Å². The van der Waals surface area contributed by atoms with Gasteiger partial charge in [0.05, 0.1) is 12.8 Å². The lowest BCUT2D eigenvalue weighted by molar-refractivity contribution is 0.102. The first-order chi connectivity index (χ1) is 10.8. The largest absolute Gasteiger partial charge is 0.497 e. The standard InChI is InChI=1S/C14H12N6O2/c1-22-12-7-10(6-11(8-12)20-9-16-18-19-20)17-14(21)13-4-2-3-5-15-13/h2-9H,1H3,(H,17,21). The maximum absolute atomic E-state index is 12.1. The fourth-order valence-corrected chi connectivity index (χ4v) is 1.88. The van der Waals surface area contributed by atoms with E-state index in [0.717, 1.165) is 0 Å². The highest BCUT2D eigenvalue weighted by atomic mass is 16.5. The van der Waals surface area contributed by atoms with E-state index >= 15 is 0 Å². The van der Waals surface area contributed by atoms with Crippen LogP contribution in [0.4, 0.5) is 5.69 Å². The topological polar surface area (TPSA) is 94.8 Å². The summed E-state index contributed by atoms with van der Waals surface area (Å²) in [7, 11) is 1.54. The van der Waals surface area contributed by atoms with E-state index in [4.69, 9.17) is 4.74 Å². The number of hydrogen-bond acceptors (Lipinski definition) is 6. The lowest BCUT2D eigenvalue weighted by atomic mass is 10.2. The third-order valence-electron chi connectivity index (χ3n) is 2.90. The highest BCUT2D eigenvalue weighted by Crippen LogP contribution is 2.23. The fraction of sp³-hybridized carbons (Fsp3) is 0.0714. The molecule has 8 heteroatoms. The van der Waals surface area contributed by atoms with Crippen molar-refractivity contribution < 1.29 is 9.53 Å². The summed E-state index contributed by atoms with van der Waals surface area (Å²) in [5, 5.41) is 13.8. The number of methoxy groups -OCH3 is 1. The molecule has 0 saturated heterocycles. The van der Waals surface area contributed by atoms with Crippen LogP contribution in [0.3, 0.4) is 0 Å². The minimum absolute atomic E-state index is 0.309. The van der Waals surface area contributed by atoms with Gasteiger partial charge >= 0.3 is 0 Å². The van der Waals surface area contributed by atoms with Crippen LogP contribution in [0, 0.1) is 0 Å². The molecule has 0 atom stereocenters. The van der Waals surface area contributed by atoms with E-state index in [1.54, 1.807) is 49.7 Å². The van der Waals surface area contributed by atoms with E-state index in [2.05, 4.69) is 25.8 Å². The Morgan fingerprint density at radius 2 is 2.18 bits per heavy atom. The summed E-state index contributed by atoms with van der Waals surface area (Å²) in [6.07, 6.45) is 3.02. The van der Waals surface area contributed by atoms with E-state index in [1.165, 1.54) is 11.0 Å². The Bertz CT molecular complexity index is 773. The molecule has 0 unspecified atom stereocenters. The van der Waals surface area contributed by atoms with Crippen LogP contribution in [0.2, 0.25) is 0 Å².